The fourth-order valence-corrected chi connectivity index (χ4v) is 5.04. The van der Waals surface area contributed by atoms with Gasteiger partial charge in [-0.15, -0.1) is 0 Å². The highest BCUT2D eigenvalue weighted by Crippen LogP contribution is 2.38. The van der Waals surface area contributed by atoms with Crippen LogP contribution in [-0.4, -0.2) is 36.5 Å². The molecule has 2 N–H and O–H groups in total. The molecule has 6 nitrogen and oxygen atoms in total. The van der Waals surface area contributed by atoms with Crippen molar-refractivity contribution in [3.8, 4) is 0 Å². The number of hydrogen-bond donors (Lipinski definition) is 2. The molecule has 38 heavy (non-hydrogen) atoms. The zero-order valence-corrected chi connectivity index (χ0v) is 22.0. The number of nitrogens with zero attached hydrogens (tertiary/aromatic N) is 1. The van der Waals surface area contributed by atoms with Crippen LogP contribution in [0.5, 0.6) is 0 Å². The zero-order valence-electron chi connectivity index (χ0n) is 22.0. The Hall–Kier alpha value is -3.90. The molecule has 0 atom stereocenters. The molecule has 6 heteroatoms. The number of likely N-dealkylation sites (tertiary alicyclic amines) is 1. The number of rotatable bonds is 9. The van der Waals surface area contributed by atoms with Gasteiger partial charge in [0.25, 0.3) is 5.91 Å². The monoisotopic (exact) mass is 509 g/mol. The lowest BCUT2D eigenvalue weighted by Crippen LogP contribution is -2.29. The lowest BCUT2D eigenvalue weighted by atomic mass is 9.99. The van der Waals surface area contributed by atoms with Crippen molar-refractivity contribution < 1.29 is 14.3 Å². The fraction of sp³-hybridized carbons (Fsp3) is 0.312. The van der Waals surface area contributed by atoms with Crippen LogP contribution in [0.25, 0.3) is 11.3 Å². The number of fused-ring (bicyclic) bond motifs is 1. The molecule has 0 aromatic heterocycles. The van der Waals surface area contributed by atoms with E-state index in [1.807, 2.05) is 36.4 Å². The van der Waals surface area contributed by atoms with Crippen LogP contribution in [0.2, 0.25) is 0 Å². The molecule has 196 valence electrons. The normalized spacial score (nSPS) is 16.5. The highest BCUT2D eigenvalue weighted by Gasteiger charge is 2.29. The van der Waals surface area contributed by atoms with E-state index in [1.54, 1.807) is 12.1 Å². The Labute approximate surface area is 224 Å². The molecule has 1 saturated heterocycles. The van der Waals surface area contributed by atoms with Crippen molar-refractivity contribution in [1.82, 2.24) is 4.90 Å². The first-order valence-electron chi connectivity index (χ1n) is 13.6. The SMILES string of the molecule is CCCCOC(=O)c1ccc2c(c1)NC(=O)/C2=C(\Nc1ccc(CN2CCCCC2)cc1)c1ccccc1. The number of piperidine rings is 1. The topological polar surface area (TPSA) is 70.7 Å². The number of carbonyl (C=O) groups is 2. The number of nitrogens with one attached hydrogen (secondary N) is 2. The predicted octanol–water partition coefficient (Wildman–Crippen LogP) is 6.56. The molecule has 0 unspecified atom stereocenters. The summed E-state index contributed by atoms with van der Waals surface area (Å²) in [7, 11) is 0. The molecule has 0 aliphatic carbocycles. The average molecular weight is 510 g/mol. The van der Waals surface area contributed by atoms with Gasteiger partial charge in [0.2, 0.25) is 0 Å². The number of amides is 1. The van der Waals surface area contributed by atoms with Gasteiger partial charge in [0.15, 0.2) is 0 Å². The first-order valence-corrected chi connectivity index (χ1v) is 13.6. The third-order valence-electron chi connectivity index (χ3n) is 7.12. The summed E-state index contributed by atoms with van der Waals surface area (Å²) in [4.78, 5) is 28.3. The Morgan fingerprint density at radius 3 is 2.45 bits per heavy atom. The standard InChI is InChI=1S/C32H35N3O3/c1-2-3-20-38-32(37)25-14-17-27-28(21-25)34-31(36)29(27)30(24-10-6-4-7-11-24)33-26-15-12-23(13-16-26)22-35-18-8-5-9-19-35/h4,6-7,10-17,21,33H,2-3,5,8-9,18-20,22H2,1H3,(H,34,36)/b30-29-. The van der Waals surface area contributed by atoms with Gasteiger partial charge in [-0.25, -0.2) is 4.79 Å². The lowest BCUT2D eigenvalue weighted by molar-refractivity contribution is -0.110. The first-order chi connectivity index (χ1) is 18.6. The third-order valence-corrected chi connectivity index (χ3v) is 7.12. The smallest absolute Gasteiger partial charge is 0.338 e. The van der Waals surface area contributed by atoms with Crippen LogP contribution < -0.4 is 10.6 Å². The van der Waals surface area contributed by atoms with Gasteiger partial charge < -0.3 is 15.4 Å². The first kappa shape index (κ1) is 25.7. The summed E-state index contributed by atoms with van der Waals surface area (Å²) in [5.74, 6) is -0.580. The van der Waals surface area contributed by atoms with Gasteiger partial charge in [-0.1, -0.05) is 68.3 Å². The second kappa shape index (κ2) is 12.1. The second-order valence-electron chi connectivity index (χ2n) is 9.98. The predicted molar refractivity (Wildman–Crippen MR) is 153 cm³/mol. The molecule has 0 saturated carbocycles. The van der Waals surface area contributed by atoms with Crippen molar-refractivity contribution in [2.75, 3.05) is 30.3 Å². The number of ether oxygens (including phenoxy) is 1. The number of anilines is 2. The zero-order chi connectivity index (χ0) is 26.3. The van der Waals surface area contributed by atoms with E-state index in [1.165, 1.54) is 24.8 Å². The van der Waals surface area contributed by atoms with Crippen molar-refractivity contribution in [3.05, 3.63) is 95.1 Å². The van der Waals surface area contributed by atoms with Crippen molar-refractivity contribution >= 4 is 34.5 Å². The third kappa shape index (κ3) is 5.97. The number of hydrogen-bond acceptors (Lipinski definition) is 5. The molecule has 2 aliphatic heterocycles. The Morgan fingerprint density at radius 2 is 1.71 bits per heavy atom. The Kier molecular flexibility index (Phi) is 8.19. The Morgan fingerprint density at radius 1 is 0.947 bits per heavy atom. The van der Waals surface area contributed by atoms with Crippen LogP contribution in [-0.2, 0) is 16.1 Å². The van der Waals surface area contributed by atoms with Crippen molar-refractivity contribution in [1.29, 1.82) is 0 Å². The van der Waals surface area contributed by atoms with Gasteiger partial charge in [-0.2, -0.15) is 0 Å². The van der Waals surface area contributed by atoms with E-state index < -0.39 is 0 Å². The second-order valence-corrected chi connectivity index (χ2v) is 9.98. The van der Waals surface area contributed by atoms with Gasteiger partial charge >= 0.3 is 5.97 Å². The van der Waals surface area contributed by atoms with Gasteiger partial charge in [-0.05, 0) is 67.7 Å². The molecule has 3 aromatic rings. The number of unbranched alkanes of at least 4 members (excludes halogenated alkanes) is 1. The molecular weight excluding hydrogens is 474 g/mol. The van der Waals surface area contributed by atoms with E-state index in [0.717, 1.165) is 55.0 Å². The Bertz CT molecular complexity index is 1310. The number of benzene rings is 3. The van der Waals surface area contributed by atoms with E-state index in [0.29, 0.717) is 23.4 Å². The van der Waals surface area contributed by atoms with Crippen LogP contribution in [0, 0.1) is 0 Å². The minimum Gasteiger partial charge on any atom is -0.462 e. The van der Waals surface area contributed by atoms with Gasteiger partial charge in [0, 0.05) is 17.8 Å². The largest absolute Gasteiger partial charge is 0.462 e. The summed E-state index contributed by atoms with van der Waals surface area (Å²) in [5, 5.41) is 6.48. The summed E-state index contributed by atoms with van der Waals surface area (Å²) >= 11 is 0. The molecule has 3 aromatic carbocycles. The van der Waals surface area contributed by atoms with Crippen LogP contribution >= 0.6 is 0 Å². The summed E-state index contributed by atoms with van der Waals surface area (Å²) in [6.45, 7) is 5.73. The van der Waals surface area contributed by atoms with Crippen molar-refractivity contribution in [2.24, 2.45) is 0 Å². The van der Waals surface area contributed by atoms with Crippen LogP contribution in [0.3, 0.4) is 0 Å². The number of esters is 1. The maximum atomic E-state index is 13.3. The molecule has 0 bridgehead atoms. The summed E-state index contributed by atoms with van der Waals surface area (Å²) < 4.78 is 5.36. The molecule has 0 spiro atoms. The van der Waals surface area contributed by atoms with Gasteiger partial charge in [0.05, 0.1) is 29.1 Å². The van der Waals surface area contributed by atoms with Gasteiger partial charge in [0.1, 0.15) is 0 Å². The molecular formula is C32H35N3O3. The van der Waals surface area contributed by atoms with Crippen molar-refractivity contribution in [2.45, 2.75) is 45.6 Å². The van der Waals surface area contributed by atoms with Crippen LogP contribution in [0.1, 0.15) is 66.1 Å². The average Bonchev–Trinajstić information content (AvgIpc) is 3.28. The summed E-state index contributed by atoms with van der Waals surface area (Å²) in [6, 6.07) is 23.6. The maximum Gasteiger partial charge on any atom is 0.338 e. The van der Waals surface area contributed by atoms with Crippen LogP contribution in [0.15, 0.2) is 72.8 Å². The Balaban J connectivity index is 1.43. The molecule has 5 rings (SSSR count). The van der Waals surface area contributed by atoms with Crippen molar-refractivity contribution in [3.63, 3.8) is 0 Å². The quantitative estimate of drug-likeness (QED) is 0.194. The number of carbonyl (C=O) groups excluding carboxylic acids is 2. The van der Waals surface area contributed by atoms with Gasteiger partial charge in [-0.3, -0.25) is 9.69 Å². The minimum absolute atomic E-state index is 0.204. The fourth-order valence-electron chi connectivity index (χ4n) is 5.04. The highest BCUT2D eigenvalue weighted by atomic mass is 16.5. The maximum absolute atomic E-state index is 13.3. The molecule has 2 aliphatic rings. The van der Waals surface area contributed by atoms with E-state index in [2.05, 4.69) is 46.7 Å². The highest BCUT2D eigenvalue weighted by molar-refractivity contribution is 6.37. The van der Waals surface area contributed by atoms with E-state index in [9.17, 15) is 9.59 Å². The van der Waals surface area contributed by atoms with Crippen LogP contribution in [0.4, 0.5) is 11.4 Å². The van der Waals surface area contributed by atoms with E-state index in [-0.39, 0.29) is 11.9 Å². The summed E-state index contributed by atoms with van der Waals surface area (Å²) in [6.07, 6.45) is 5.67. The lowest BCUT2D eigenvalue weighted by Gasteiger charge is -2.26. The van der Waals surface area contributed by atoms with E-state index in [4.69, 9.17) is 4.74 Å². The van der Waals surface area contributed by atoms with E-state index >= 15 is 0 Å². The minimum atomic E-state index is -0.376. The summed E-state index contributed by atoms with van der Waals surface area (Å²) in [5.41, 5.74) is 6.18. The molecule has 2 heterocycles. The molecule has 0 radical (unpaired) electrons. The molecule has 1 amide bonds. The molecule has 1 fully saturated rings.